The molecular formula is C14H23BO2. The molecule has 17 heavy (non-hydrogen) atoms. The van der Waals surface area contributed by atoms with Crippen LogP contribution in [0.5, 0.6) is 0 Å². The van der Waals surface area contributed by atoms with Crippen molar-refractivity contribution in [1.29, 1.82) is 0 Å². The second kappa shape index (κ2) is 5.75. The molecule has 0 aromatic carbocycles. The minimum absolute atomic E-state index is 0.283. The van der Waals surface area contributed by atoms with E-state index in [4.69, 9.17) is 9.31 Å². The molecule has 1 fully saturated rings. The number of hydrogen-bond donors (Lipinski definition) is 0. The molecule has 0 saturated carbocycles. The molecule has 1 saturated heterocycles. The highest BCUT2D eigenvalue weighted by molar-refractivity contribution is 6.55. The Morgan fingerprint density at radius 3 is 2.24 bits per heavy atom. The van der Waals surface area contributed by atoms with Crippen LogP contribution in [0.25, 0.3) is 0 Å². The van der Waals surface area contributed by atoms with Gasteiger partial charge >= 0.3 is 7.12 Å². The Balaban J connectivity index is 2.35. The van der Waals surface area contributed by atoms with Gasteiger partial charge in [-0.2, -0.15) is 0 Å². The summed E-state index contributed by atoms with van der Waals surface area (Å²) >= 11 is 0. The zero-order valence-electron chi connectivity index (χ0n) is 11.5. The van der Waals surface area contributed by atoms with Gasteiger partial charge in [0.25, 0.3) is 0 Å². The molecule has 2 nitrogen and oxygen atoms in total. The van der Waals surface area contributed by atoms with Crippen molar-refractivity contribution in [3.63, 3.8) is 0 Å². The number of rotatable bonds is 4. The van der Waals surface area contributed by atoms with Crippen LogP contribution >= 0.6 is 0 Å². The van der Waals surface area contributed by atoms with Crippen molar-refractivity contribution in [1.82, 2.24) is 0 Å². The normalized spacial score (nSPS) is 20.8. The van der Waals surface area contributed by atoms with Gasteiger partial charge in [0.05, 0.1) is 11.2 Å². The maximum atomic E-state index is 5.78. The fourth-order valence-corrected chi connectivity index (χ4v) is 1.56. The fourth-order valence-electron chi connectivity index (χ4n) is 1.56. The molecule has 0 aromatic heterocycles. The van der Waals surface area contributed by atoms with Crippen molar-refractivity contribution >= 4 is 7.12 Å². The summed E-state index contributed by atoms with van der Waals surface area (Å²) in [7, 11) is -0.376. The fraction of sp³-hybridized carbons (Fsp3) is 0.714. The summed E-state index contributed by atoms with van der Waals surface area (Å²) in [6, 6.07) is 0. The lowest BCUT2D eigenvalue weighted by Crippen LogP contribution is -2.41. The maximum Gasteiger partial charge on any atom is 0.551 e. The van der Waals surface area contributed by atoms with E-state index in [-0.39, 0.29) is 18.3 Å². The van der Waals surface area contributed by atoms with Gasteiger partial charge in [-0.3, -0.25) is 0 Å². The predicted molar refractivity (Wildman–Crippen MR) is 72.5 cm³/mol. The lowest BCUT2D eigenvalue weighted by molar-refractivity contribution is 0.00578. The first-order valence-electron chi connectivity index (χ1n) is 6.34. The first-order valence-corrected chi connectivity index (χ1v) is 6.34. The summed E-state index contributed by atoms with van der Waals surface area (Å²) in [5, 5.41) is 0. The Morgan fingerprint density at radius 2 is 1.71 bits per heavy atom. The zero-order chi connectivity index (χ0) is 12.9. The van der Waals surface area contributed by atoms with Crippen LogP contribution in [0.2, 0.25) is 0 Å². The Bertz CT molecular complexity index is 307. The van der Waals surface area contributed by atoms with Crippen LogP contribution in [0.1, 0.15) is 53.4 Å². The minimum Gasteiger partial charge on any atom is -0.392 e. The second-order valence-corrected chi connectivity index (χ2v) is 5.44. The van der Waals surface area contributed by atoms with Crippen LogP contribution in [-0.4, -0.2) is 18.3 Å². The molecule has 0 N–H and O–H groups in total. The molecule has 0 spiro atoms. The summed E-state index contributed by atoms with van der Waals surface area (Å²) in [5.41, 5.74) is -0.565. The van der Waals surface area contributed by atoms with E-state index in [2.05, 4.69) is 18.3 Å². The van der Waals surface area contributed by atoms with Gasteiger partial charge in [0.2, 0.25) is 0 Å². The predicted octanol–water partition coefficient (Wildman–Crippen LogP) is 3.37. The first kappa shape index (κ1) is 14.3. The van der Waals surface area contributed by atoms with Gasteiger partial charge in [-0.1, -0.05) is 11.9 Å². The van der Waals surface area contributed by atoms with Crippen molar-refractivity contribution in [3.8, 4) is 11.7 Å². The standard InChI is InChI=1S/C14H23BO2/c1-6-7-8-9-10-11-12-15-16-13(2,3)14(4,5)17-15/h6H,1,7-10H2,2-5H3. The molecule has 0 radical (unpaired) electrons. The van der Waals surface area contributed by atoms with Crippen LogP contribution < -0.4 is 0 Å². The molecule has 1 rings (SSSR count). The van der Waals surface area contributed by atoms with E-state index in [1.54, 1.807) is 0 Å². The first-order chi connectivity index (χ1) is 7.89. The summed E-state index contributed by atoms with van der Waals surface area (Å²) in [5.74, 6) is 6.18. The highest BCUT2D eigenvalue weighted by Crippen LogP contribution is 2.36. The maximum absolute atomic E-state index is 5.78. The highest BCUT2D eigenvalue weighted by Gasteiger charge is 2.50. The second-order valence-electron chi connectivity index (χ2n) is 5.44. The third-order valence-corrected chi connectivity index (χ3v) is 3.43. The van der Waals surface area contributed by atoms with Crippen molar-refractivity contribution in [2.45, 2.75) is 64.6 Å². The minimum atomic E-state index is -0.376. The topological polar surface area (TPSA) is 18.5 Å². The molecule has 1 aliphatic heterocycles. The molecule has 1 heterocycles. The zero-order valence-corrected chi connectivity index (χ0v) is 11.5. The summed E-state index contributed by atoms with van der Waals surface area (Å²) < 4.78 is 11.6. The molecular weight excluding hydrogens is 211 g/mol. The Labute approximate surface area is 106 Å². The number of hydrogen-bond acceptors (Lipinski definition) is 2. The van der Waals surface area contributed by atoms with Crippen molar-refractivity contribution in [2.24, 2.45) is 0 Å². The lowest BCUT2D eigenvalue weighted by Gasteiger charge is -2.32. The molecule has 0 amide bonds. The third kappa shape index (κ3) is 3.90. The largest absolute Gasteiger partial charge is 0.551 e. The van der Waals surface area contributed by atoms with Gasteiger partial charge in [-0.05, 0) is 47.0 Å². The van der Waals surface area contributed by atoms with E-state index >= 15 is 0 Å². The Kier molecular flexibility index (Phi) is 4.85. The summed E-state index contributed by atoms with van der Waals surface area (Å²) in [6.07, 6.45) is 6.18. The van der Waals surface area contributed by atoms with E-state index in [0.717, 1.165) is 25.7 Å². The van der Waals surface area contributed by atoms with E-state index in [1.807, 2.05) is 33.8 Å². The van der Waals surface area contributed by atoms with Crippen LogP contribution in [0, 0.1) is 11.7 Å². The van der Waals surface area contributed by atoms with Crippen LogP contribution in [0.4, 0.5) is 0 Å². The van der Waals surface area contributed by atoms with Gasteiger partial charge < -0.3 is 9.31 Å². The van der Waals surface area contributed by atoms with E-state index in [1.165, 1.54) is 0 Å². The van der Waals surface area contributed by atoms with Gasteiger partial charge in [-0.25, -0.2) is 0 Å². The number of allylic oxidation sites excluding steroid dienone is 1. The van der Waals surface area contributed by atoms with E-state index < -0.39 is 0 Å². The lowest BCUT2D eigenvalue weighted by atomic mass is 9.90. The van der Waals surface area contributed by atoms with Gasteiger partial charge in [0.15, 0.2) is 0 Å². The third-order valence-electron chi connectivity index (χ3n) is 3.43. The van der Waals surface area contributed by atoms with Crippen molar-refractivity contribution < 1.29 is 9.31 Å². The summed E-state index contributed by atoms with van der Waals surface area (Å²) in [4.78, 5) is 0. The molecule has 0 bridgehead atoms. The van der Waals surface area contributed by atoms with Gasteiger partial charge in [-0.15, -0.1) is 12.5 Å². The number of unbranched alkanes of at least 4 members (excludes halogenated alkanes) is 3. The molecule has 0 aromatic rings. The van der Waals surface area contributed by atoms with E-state index in [0.29, 0.717) is 0 Å². The Morgan fingerprint density at radius 1 is 1.12 bits per heavy atom. The van der Waals surface area contributed by atoms with Crippen LogP contribution in [-0.2, 0) is 9.31 Å². The van der Waals surface area contributed by atoms with Crippen LogP contribution in [0.3, 0.4) is 0 Å². The molecule has 94 valence electrons. The average molecular weight is 234 g/mol. The smallest absolute Gasteiger partial charge is 0.392 e. The van der Waals surface area contributed by atoms with Crippen LogP contribution in [0.15, 0.2) is 12.7 Å². The van der Waals surface area contributed by atoms with Crippen molar-refractivity contribution in [2.75, 3.05) is 0 Å². The summed E-state index contributed by atoms with van der Waals surface area (Å²) in [6.45, 7) is 11.9. The molecule has 1 aliphatic rings. The highest BCUT2D eigenvalue weighted by atomic mass is 16.7. The Hall–Kier alpha value is -0.715. The monoisotopic (exact) mass is 234 g/mol. The molecule has 0 aliphatic carbocycles. The van der Waals surface area contributed by atoms with Crippen molar-refractivity contribution in [3.05, 3.63) is 12.7 Å². The average Bonchev–Trinajstić information content (AvgIpc) is 2.41. The molecule has 0 atom stereocenters. The van der Waals surface area contributed by atoms with E-state index in [9.17, 15) is 0 Å². The van der Waals surface area contributed by atoms with Gasteiger partial charge in [0.1, 0.15) is 0 Å². The van der Waals surface area contributed by atoms with Gasteiger partial charge in [0, 0.05) is 6.42 Å². The quantitative estimate of drug-likeness (QED) is 0.321. The molecule has 0 unspecified atom stereocenters. The SMILES string of the molecule is C=CCCCCC#CB1OC(C)(C)C(C)(C)O1. The molecule has 3 heteroatoms.